The molecule has 1 N–H and O–H groups in total. The van der Waals surface area contributed by atoms with Gasteiger partial charge in [-0.05, 0) is 53.5 Å². The highest BCUT2D eigenvalue weighted by molar-refractivity contribution is 5.91. The molecule has 1 amide bonds. The molecule has 1 aliphatic heterocycles. The molecule has 178 valence electrons. The Morgan fingerprint density at radius 2 is 1.86 bits per heavy atom. The fourth-order valence-corrected chi connectivity index (χ4v) is 4.44. The molecule has 35 heavy (non-hydrogen) atoms. The standard InChI is InChI=1S/C29H30N4O2/c34-29(31-21-24-4-3-14-30-20-24)12-9-23-7-10-26(11-8-23)33-22-25(27-5-1-2-6-28(27)33)13-15-32-16-18-35-19-17-32/h1-12,14,20,22H,13,15-19,21H2,(H,31,34)/b12-9+. The van der Waals surface area contributed by atoms with Gasteiger partial charge in [-0.1, -0.05) is 36.4 Å². The second-order valence-corrected chi connectivity index (χ2v) is 8.75. The van der Waals surface area contributed by atoms with Crippen molar-refractivity contribution in [1.82, 2.24) is 19.8 Å². The van der Waals surface area contributed by atoms with Crippen LogP contribution >= 0.6 is 0 Å². The van der Waals surface area contributed by atoms with Crippen molar-refractivity contribution >= 4 is 22.9 Å². The van der Waals surface area contributed by atoms with Gasteiger partial charge in [0.05, 0.1) is 18.7 Å². The Balaban J connectivity index is 1.26. The molecule has 1 saturated heterocycles. The van der Waals surface area contributed by atoms with Crippen LogP contribution in [-0.2, 0) is 22.5 Å². The Morgan fingerprint density at radius 3 is 2.66 bits per heavy atom. The third-order valence-electron chi connectivity index (χ3n) is 6.38. The van der Waals surface area contributed by atoms with E-state index in [1.54, 1.807) is 18.5 Å². The lowest BCUT2D eigenvalue weighted by atomic mass is 10.1. The first kappa shape index (κ1) is 23.0. The summed E-state index contributed by atoms with van der Waals surface area (Å²) in [4.78, 5) is 18.7. The number of ether oxygens (including phenoxy) is 1. The van der Waals surface area contributed by atoms with Crippen LogP contribution in [0.2, 0.25) is 0 Å². The lowest BCUT2D eigenvalue weighted by Gasteiger charge is -2.26. The van der Waals surface area contributed by atoms with Crippen LogP contribution in [0.15, 0.2) is 85.3 Å². The number of carbonyl (C=O) groups is 1. The maximum absolute atomic E-state index is 12.2. The number of nitrogens with zero attached hydrogens (tertiary/aromatic N) is 3. The monoisotopic (exact) mass is 466 g/mol. The summed E-state index contributed by atoms with van der Waals surface area (Å²) < 4.78 is 7.74. The maximum atomic E-state index is 12.2. The minimum Gasteiger partial charge on any atom is -0.379 e. The predicted octanol–water partition coefficient (Wildman–Crippen LogP) is 4.23. The number of hydrogen-bond acceptors (Lipinski definition) is 4. The molecule has 4 aromatic rings. The third-order valence-corrected chi connectivity index (χ3v) is 6.38. The maximum Gasteiger partial charge on any atom is 0.244 e. The molecule has 0 atom stereocenters. The number of morpholine rings is 1. The molecule has 3 heterocycles. The largest absolute Gasteiger partial charge is 0.379 e. The molecule has 1 aliphatic rings. The van der Waals surface area contributed by atoms with E-state index in [-0.39, 0.29) is 5.91 Å². The van der Waals surface area contributed by atoms with Crippen LogP contribution in [0.3, 0.4) is 0 Å². The van der Waals surface area contributed by atoms with Gasteiger partial charge in [-0.3, -0.25) is 14.7 Å². The Labute approximate surface area is 205 Å². The number of hydrogen-bond donors (Lipinski definition) is 1. The number of fused-ring (bicyclic) bond motifs is 1. The van der Waals surface area contributed by atoms with Gasteiger partial charge in [-0.2, -0.15) is 0 Å². The molecule has 0 aliphatic carbocycles. The summed E-state index contributed by atoms with van der Waals surface area (Å²) in [5.74, 6) is -0.126. The summed E-state index contributed by atoms with van der Waals surface area (Å²) in [6, 6.07) is 20.7. The zero-order valence-electron chi connectivity index (χ0n) is 19.8. The first-order chi connectivity index (χ1) is 17.3. The second-order valence-electron chi connectivity index (χ2n) is 8.75. The van der Waals surface area contributed by atoms with E-state index < -0.39 is 0 Å². The van der Waals surface area contributed by atoms with Crippen molar-refractivity contribution in [2.75, 3.05) is 32.8 Å². The molecule has 2 aromatic carbocycles. The summed E-state index contributed by atoms with van der Waals surface area (Å²) in [6.45, 7) is 5.18. The van der Waals surface area contributed by atoms with Gasteiger partial charge in [-0.15, -0.1) is 0 Å². The van der Waals surface area contributed by atoms with E-state index in [1.807, 2.05) is 30.3 Å². The number of benzene rings is 2. The van der Waals surface area contributed by atoms with E-state index in [0.29, 0.717) is 6.54 Å². The van der Waals surface area contributed by atoms with Gasteiger partial charge in [0.25, 0.3) is 0 Å². The number of rotatable bonds is 8. The van der Waals surface area contributed by atoms with E-state index in [4.69, 9.17) is 4.74 Å². The quantitative estimate of drug-likeness (QED) is 0.395. The van der Waals surface area contributed by atoms with Crippen LogP contribution in [0.25, 0.3) is 22.7 Å². The minimum atomic E-state index is -0.126. The van der Waals surface area contributed by atoms with Gasteiger partial charge >= 0.3 is 0 Å². The summed E-state index contributed by atoms with van der Waals surface area (Å²) in [5.41, 5.74) is 5.64. The number of nitrogens with one attached hydrogen (secondary N) is 1. The van der Waals surface area contributed by atoms with Crippen LogP contribution in [0.5, 0.6) is 0 Å². The Bertz CT molecular complexity index is 1290. The van der Waals surface area contributed by atoms with Crippen molar-refractivity contribution in [1.29, 1.82) is 0 Å². The predicted molar refractivity (Wildman–Crippen MR) is 139 cm³/mol. The number of amides is 1. The topological polar surface area (TPSA) is 59.4 Å². The minimum absolute atomic E-state index is 0.126. The fourth-order valence-electron chi connectivity index (χ4n) is 4.44. The molecule has 0 unspecified atom stereocenters. The summed E-state index contributed by atoms with van der Waals surface area (Å²) in [5, 5.41) is 4.19. The molecule has 2 aromatic heterocycles. The molecule has 6 heteroatoms. The number of carbonyl (C=O) groups excluding carboxylic acids is 1. The van der Waals surface area contributed by atoms with E-state index in [1.165, 1.54) is 16.5 Å². The van der Waals surface area contributed by atoms with Crippen molar-refractivity contribution in [3.63, 3.8) is 0 Å². The van der Waals surface area contributed by atoms with Crippen molar-refractivity contribution in [2.45, 2.75) is 13.0 Å². The van der Waals surface area contributed by atoms with Crippen molar-refractivity contribution < 1.29 is 9.53 Å². The number of aromatic nitrogens is 2. The van der Waals surface area contributed by atoms with E-state index >= 15 is 0 Å². The number of para-hydroxylation sites is 1. The molecule has 0 spiro atoms. The lowest BCUT2D eigenvalue weighted by Crippen LogP contribution is -2.37. The highest BCUT2D eigenvalue weighted by Crippen LogP contribution is 2.26. The first-order valence-corrected chi connectivity index (χ1v) is 12.1. The van der Waals surface area contributed by atoms with Gasteiger partial charge in [0.1, 0.15) is 0 Å². The molecule has 0 saturated carbocycles. The van der Waals surface area contributed by atoms with Gasteiger partial charge in [0.15, 0.2) is 0 Å². The third kappa shape index (κ3) is 5.85. The molecule has 0 bridgehead atoms. The summed E-state index contributed by atoms with van der Waals surface area (Å²) >= 11 is 0. The second kappa shape index (κ2) is 11.1. The van der Waals surface area contributed by atoms with E-state index in [9.17, 15) is 4.79 Å². The molecule has 1 fully saturated rings. The smallest absolute Gasteiger partial charge is 0.244 e. The molecular weight excluding hydrogens is 436 g/mol. The van der Waals surface area contributed by atoms with Gasteiger partial charge in [0.2, 0.25) is 5.91 Å². The Kier molecular flexibility index (Phi) is 7.32. The molecular formula is C29H30N4O2. The van der Waals surface area contributed by atoms with Crippen molar-refractivity contribution in [3.05, 3.63) is 102 Å². The highest BCUT2D eigenvalue weighted by atomic mass is 16.5. The molecule has 5 rings (SSSR count). The zero-order valence-corrected chi connectivity index (χ0v) is 19.8. The van der Waals surface area contributed by atoms with Gasteiger partial charge in [0, 0.05) is 61.9 Å². The van der Waals surface area contributed by atoms with Crippen LogP contribution in [0.1, 0.15) is 16.7 Å². The number of pyridine rings is 1. The normalized spacial score (nSPS) is 14.5. The SMILES string of the molecule is O=C(/C=C/c1ccc(-n2cc(CCN3CCOCC3)c3ccccc32)cc1)NCc1cccnc1. The summed E-state index contributed by atoms with van der Waals surface area (Å²) in [7, 11) is 0. The zero-order chi connectivity index (χ0) is 23.9. The first-order valence-electron chi connectivity index (χ1n) is 12.1. The lowest BCUT2D eigenvalue weighted by molar-refractivity contribution is -0.116. The van der Waals surface area contributed by atoms with E-state index in [2.05, 4.69) is 62.4 Å². The van der Waals surface area contributed by atoms with Crippen LogP contribution in [-0.4, -0.2) is 53.2 Å². The van der Waals surface area contributed by atoms with Gasteiger partial charge < -0.3 is 14.6 Å². The average molecular weight is 467 g/mol. The van der Waals surface area contributed by atoms with Crippen LogP contribution < -0.4 is 5.32 Å². The van der Waals surface area contributed by atoms with Crippen molar-refractivity contribution in [3.8, 4) is 5.69 Å². The van der Waals surface area contributed by atoms with E-state index in [0.717, 1.165) is 56.1 Å². The Hall–Kier alpha value is -3.74. The molecule has 0 radical (unpaired) electrons. The average Bonchev–Trinajstić information content (AvgIpc) is 3.30. The molecule has 6 nitrogen and oxygen atoms in total. The van der Waals surface area contributed by atoms with Gasteiger partial charge in [-0.25, -0.2) is 0 Å². The Morgan fingerprint density at radius 1 is 1.03 bits per heavy atom. The van der Waals surface area contributed by atoms with Crippen LogP contribution in [0, 0.1) is 0 Å². The summed E-state index contributed by atoms with van der Waals surface area (Å²) in [6.07, 6.45) is 10.2. The fraction of sp³-hybridized carbons (Fsp3) is 0.241. The van der Waals surface area contributed by atoms with Crippen molar-refractivity contribution in [2.24, 2.45) is 0 Å². The highest BCUT2D eigenvalue weighted by Gasteiger charge is 2.13. The van der Waals surface area contributed by atoms with Crippen LogP contribution in [0.4, 0.5) is 0 Å².